The van der Waals surface area contributed by atoms with Gasteiger partial charge in [-0.15, -0.1) is 10.2 Å². The number of anilines is 1. The first-order chi connectivity index (χ1) is 10.4. The molecule has 0 spiro atoms. The van der Waals surface area contributed by atoms with E-state index >= 15 is 0 Å². The maximum Gasteiger partial charge on any atom is 0.229 e. The summed E-state index contributed by atoms with van der Waals surface area (Å²) in [6.07, 6.45) is 0.722. The van der Waals surface area contributed by atoms with E-state index in [0.29, 0.717) is 10.1 Å². The van der Waals surface area contributed by atoms with Gasteiger partial charge in [-0.3, -0.25) is 4.79 Å². The SMILES string of the molecule is CCC(C)C(=O)Nc1nnc(CS(=O)(=O)c2ccccc2)s1. The van der Waals surface area contributed by atoms with Crippen molar-refractivity contribution in [2.45, 2.75) is 30.9 Å². The summed E-state index contributed by atoms with van der Waals surface area (Å²) in [7, 11) is -3.45. The van der Waals surface area contributed by atoms with Crippen LogP contribution >= 0.6 is 11.3 Å². The fourth-order valence-corrected chi connectivity index (χ4v) is 4.01. The molecule has 0 fully saturated rings. The van der Waals surface area contributed by atoms with Crippen molar-refractivity contribution >= 4 is 32.2 Å². The van der Waals surface area contributed by atoms with E-state index in [0.717, 1.165) is 17.8 Å². The molecular weight excluding hydrogens is 322 g/mol. The van der Waals surface area contributed by atoms with Crippen LogP contribution in [0.3, 0.4) is 0 Å². The van der Waals surface area contributed by atoms with Crippen molar-refractivity contribution < 1.29 is 13.2 Å². The summed E-state index contributed by atoms with van der Waals surface area (Å²) in [4.78, 5) is 12.0. The summed E-state index contributed by atoms with van der Waals surface area (Å²) in [5.41, 5.74) is 0. The number of carbonyl (C=O) groups excluding carboxylic acids is 1. The van der Waals surface area contributed by atoms with Gasteiger partial charge in [0.05, 0.1) is 4.90 Å². The Morgan fingerprint density at radius 1 is 1.27 bits per heavy atom. The Morgan fingerprint density at radius 3 is 2.59 bits per heavy atom. The average Bonchev–Trinajstić information content (AvgIpc) is 2.93. The molecule has 1 heterocycles. The van der Waals surface area contributed by atoms with Crippen LogP contribution in [0.2, 0.25) is 0 Å². The van der Waals surface area contributed by atoms with Crippen LogP contribution in [-0.4, -0.2) is 24.5 Å². The lowest BCUT2D eigenvalue weighted by atomic mass is 10.1. The highest BCUT2D eigenvalue weighted by atomic mass is 32.2. The molecule has 2 aromatic rings. The molecule has 1 N–H and O–H groups in total. The third-order valence-electron chi connectivity index (χ3n) is 3.17. The number of aromatic nitrogens is 2. The van der Waals surface area contributed by atoms with Crippen molar-refractivity contribution in [1.29, 1.82) is 0 Å². The zero-order valence-corrected chi connectivity index (χ0v) is 13.9. The summed E-state index contributed by atoms with van der Waals surface area (Å²) < 4.78 is 24.5. The number of hydrogen-bond acceptors (Lipinski definition) is 6. The summed E-state index contributed by atoms with van der Waals surface area (Å²) in [6.45, 7) is 3.74. The van der Waals surface area contributed by atoms with Gasteiger partial charge < -0.3 is 5.32 Å². The lowest BCUT2D eigenvalue weighted by Gasteiger charge is -2.06. The van der Waals surface area contributed by atoms with E-state index in [-0.39, 0.29) is 22.5 Å². The molecule has 0 saturated carbocycles. The van der Waals surface area contributed by atoms with Crippen LogP contribution in [0.25, 0.3) is 0 Å². The minimum Gasteiger partial charge on any atom is -0.300 e. The number of nitrogens with one attached hydrogen (secondary N) is 1. The highest BCUT2D eigenvalue weighted by molar-refractivity contribution is 7.90. The fourth-order valence-electron chi connectivity index (χ4n) is 1.65. The van der Waals surface area contributed by atoms with Crippen LogP contribution in [0.5, 0.6) is 0 Å². The second kappa shape index (κ2) is 6.97. The largest absolute Gasteiger partial charge is 0.300 e. The summed E-state index contributed by atoms with van der Waals surface area (Å²) in [5, 5.41) is 11.0. The van der Waals surface area contributed by atoms with Gasteiger partial charge in [0.25, 0.3) is 0 Å². The normalized spacial score (nSPS) is 12.8. The molecule has 22 heavy (non-hydrogen) atoms. The van der Waals surface area contributed by atoms with Crippen molar-refractivity contribution in [3.05, 3.63) is 35.3 Å². The van der Waals surface area contributed by atoms with Crippen molar-refractivity contribution in [3.8, 4) is 0 Å². The Hall–Kier alpha value is -1.80. The lowest BCUT2D eigenvalue weighted by Crippen LogP contribution is -2.19. The molecule has 0 saturated heterocycles. The lowest BCUT2D eigenvalue weighted by molar-refractivity contribution is -0.119. The molecule has 1 amide bonds. The molecule has 0 bridgehead atoms. The second-order valence-electron chi connectivity index (χ2n) is 4.87. The van der Waals surface area contributed by atoms with Crippen molar-refractivity contribution in [1.82, 2.24) is 10.2 Å². The standard InChI is InChI=1S/C14H17N3O3S2/c1-3-10(2)13(18)15-14-17-16-12(21-14)9-22(19,20)11-7-5-4-6-8-11/h4-8,10H,3,9H2,1-2H3,(H,15,17,18). The number of carbonyl (C=O) groups is 1. The first kappa shape index (κ1) is 16.6. The van der Waals surface area contributed by atoms with Crippen molar-refractivity contribution in [2.75, 3.05) is 5.32 Å². The quantitative estimate of drug-likeness (QED) is 0.873. The Bertz CT molecular complexity index is 742. The van der Waals surface area contributed by atoms with Crippen molar-refractivity contribution in [3.63, 3.8) is 0 Å². The molecule has 2 rings (SSSR count). The predicted molar refractivity (Wildman–Crippen MR) is 85.3 cm³/mol. The van der Waals surface area contributed by atoms with Gasteiger partial charge in [0.15, 0.2) is 9.84 Å². The maximum atomic E-state index is 12.2. The van der Waals surface area contributed by atoms with E-state index in [1.807, 2.05) is 13.8 Å². The Kier molecular flexibility index (Phi) is 5.25. The van der Waals surface area contributed by atoms with Gasteiger partial charge in [0.2, 0.25) is 11.0 Å². The summed E-state index contributed by atoms with van der Waals surface area (Å²) in [5.74, 6) is -0.495. The van der Waals surface area contributed by atoms with E-state index in [1.165, 1.54) is 0 Å². The van der Waals surface area contributed by atoms with E-state index in [2.05, 4.69) is 15.5 Å². The first-order valence-corrected chi connectivity index (χ1v) is 9.30. The maximum absolute atomic E-state index is 12.2. The number of hydrogen-bond donors (Lipinski definition) is 1. The highest BCUT2D eigenvalue weighted by Gasteiger charge is 2.19. The van der Waals surface area contributed by atoms with Crippen LogP contribution in [0.15, 0.2) is 35.2 Å². The Labute approximate surface area is 133 Å². The number of benzene rings is 1. The van der Waals surface area contributed by atoms with E-state index < -0.39 is 9.84 Å². The molecule has 1 atom stereocenters. The summed E-state index contributed by atoms with van der Waals surface area (Å²) >= 11 is 1.08. The smallest absolute Gasteiger partial charge is 0.229 e. The van der Waals surface area contributed by atoms with Gasteiger partial charge >= 0.3 is 0 Å². The van der Waals surface area contributed by atoms with E-state index in [9.17, 15) is 13.2 Å². The molecule has 0 radical (unpaired) electrons. The Balaban J connectivity index is 2.08. The topological polar surface area (TPSA) is 89.0 Å². The van der Waals surface area contributed by atoms with Crippen LogP contribution in [-0.2, 0) is 20.4 Å². The first-order valence-electron chi connectivity index (χ1n) is 6.83. The monoisotopic (exact) mass is 339 g/mol. The molecule has 8 heteroatoms. The van der Waals surface area contributed by atoms with Crippen LogP contribution in [0, 0.1) is 5.92 Å². The third-order valence-corrected chi connectivity index (χ3v) is 5.84. The molecule has 1 aromatic heterocycles. The van der Waals surface area contributed by atoms with Gasteiger partial charge in [-0.2, -0.15) is 0 Å². The molecule has 0 aliphatic heterocycles. The molecule has 0 aliphatic rings. The minimum absolute atomic E-state index is 0.125. The zero-order valence-electron chi connectivity index (χ0n) is 12.3. The van der Waals surface area contributed by atoms with Gasteiger partial charge in [0, 0.05) is 5.92 Å². The van der Waals surface area contributed by atoms with Crippen molar-refractivity contribution in [2.24, 2.45) is 5.92 Å². The fraction of sp³-hybridized carbons (Fsp3) is 0.357. The number of nitrogens with zero attached hydrogens (tertiary/aromatic N) is 2. The number of rotatable bonds is 6. The Morgan fingerprint density at radius 2 is 1.95 bits per heavy atom. The summed E-state index contributed by atoms with van der Waals surface area (Å²) in [6, 6.07) is 8.19. The van der Waals surface area contributed by atoms with Gasteiger partial charge in [-0.05, 0) is 18.6 Å². The van der Waals surface area contributed by atoms with Crippen LogP contribution in [0.1, 0.15) is 25.3 Å². The third kappa shape index (κ3) is 4.11. The second-order valence-corrected chi connectivity index (χ2v) is 7.92. The van der Waals surface area contributed by atoms with E-state index in [1.54, 1.807) is 30.3 Å². The molecule has 0 aliphatic carbocycles. The molecule has 1 unspecified atom stereocenters. The number of amides is 1. The van der Waals surface area contributed by atoms with Gasteiger partial charge in [-0.1, -0.05) is 43.4 Å². The molecule has 6 nitrogen and oxygen atoms in total. The van der Waals surface area contributed by atoms with E-state index in [4.69, 9.17) is 0 Å². The van der Waals surface area contributed by atoms with Crippen LogP contribution in [0.4, 0.5) is 5.13 Å². The number of sulfone groups is 1. The highest BCUT2D eigenvalue weighted by Crippen LogP contribution is 2.21. The van der Waals surface area contributed by atoms with Gasteiger partial charge in [0.1, 0.15) is 10.8 Å². The minimum atomic E-state index is -3.45. The predicted octanol–water partition coefficient (Wildman–Crippen LogP) is 2.50. The average molecular weight is 339 g/mol. The van der Waals surface area contributed by atoms with Crippen LogP contribution < -0.4 is 5.32 Å². The zero-order chi connectivity index (χ0) is 16.2. The molecule has 118 valence electrons. The van der Waals surface area contributed by atoms with Gasteiger partial charge in [-0.25, -0.2) is 8.42 Å². The molecular formula is C14H17N3O3S2. The molecule has 1 aromatic carbocycles.